The zero-order valence-electron chi connectivity index (χ0n) is 13.3. The third-order valence-corrected chi connectivity index (χ3v) is 5.51. The molecule has 22 heavy (non-hydrogen) atoms. The number of rotatable bonds is 4. The van der Waals surface area contributed by atoms with Crippen LogP contribution in [0.3, 0.4) is 0 Å². The maximum Gasteiger partial charge on any atom is 0.244 e. The summed E-state index contributed by atoms with van der Waals surface area (Å²) in [7, 11) is -2.11. The van der Waals surface area contributed by atoms with Crippen molar-refractivity contribution >= 4 is 15.9 Å². The van der Waals surface area contributed by atoms with Crippen molar-refractivity contribution in [3.63, 3.8) is 0 Å². The Bertz CT molecular complexity index is 642. The fourth-order valence-electron chi connectivity index (χ4n) is 2.51. The maximum absolute atomic E-state index is 12.5. The predicted molar refractivity (Wildman–Crippen MR) is 81.6 cm³/mol. The van der Waals surface area contributed by atoms with E-state index in [2.05, 4.69) is 15.1 Å². The van der Waals surface area contributed by atoms with Gasteiger partial charge in [0.15, 0.2) is 0 Å². The first-order valence-electron chi connectivity index (χ1n) is 7.27. The lowest BCUT2D eigenvalue weighted by Crippen LogP contribution is -2.60. The zero-order chi connectivity index (χ0) is 16.5. The van der Waals surface area contributed by atoms with Crippen LogP contribution in [0.4, 0.5) is 0 Å². The van der Waals surface area contributed by atoms with E-state index in [-0.39, 0.29) is 22.9 Å². The number of nitrogens with zero attached hydrogens (tertiary/aromatic N) is 3. The fourth-order valence-corrected chi connectivity index (χ4v) is 3.68. The molecule has 1 aliphatic rings. The Kier molecular flexibility index (Phi) is 4.88. The summed E-state index contributed by atoms with van der Waals surface area (Å²) in [5.74, 6) is -0.215. The third-order valence-electron chi connectivity index (χ3n) is 4.01. The average Bonchev–Trinajstić information content (AvgIpc) is 2.88. The Labute approximate surface area is 130 Å². The summed E-state index contributed by atoms with van der Waals surface area (Å²) in [5, 5.41) is 7.13. The van der Waals surface area contributed by atoms with Crippen molar-refractivity contribution in [3.8, 4) is 0 Å². The van der Waals surface area contributed by atoms with Crippen LogP contribution in [0.25, 0.3) is 0 Å². The number of aromatic nitrogens is 2. The third kappa shape index (κ3) is 3.47. The van der Waals surface area contributed by atoms with Gasteiger partial charge in [0.2, 0.25) is 15.9 Å². The standard InChI is InChI=1S/C13H23N5O3S/c1-9-11(3)18(6-5-14-9)13(19)10(2)16-22(20,21)12-7-15-17(4)8-12/h7-11,14,16H,5-6H2,1-4H3. The molecule has 8 nitrogen and oxygen atoms in total. The number of amides is 1. The summed E-state index contributed by atoms with van der Waals surface area (Å²) >= 11 is 0. The normalized spacial score (nSPS) is 24.3. The van der Waals surface area contributed by atoms with E-state index in [0.717, 1.165) is 0 Å². The van der Waals surface area contributed by atoms with E-state index in [0.29, 0.717) is 13.1 Å². The van der Waals surface area contributed by atoms with Crippen LogP contribution < -0.4 is 10.0 Å². The van der Waals surface area contributed by atoms with Crippen molar-refractivity contribution in [2.75, 3.05) is 13.1 Å². The largest absolute Gasteiger partial charge is 0.336 e. The summed E-state index contributed by atoms with van der Waals surface area (Å²) in [6, 6.07) is -0.621. The van der Waals surface area contributed by atoms with Crippen molar-refractivity contribution < 1.29 is 13.2 Å². The van der Waals surface area contributed by atoms with Gasteiger partial charge in [-0.2, -0.15) is 9.82 Å². The van der Waals surface area contributed by atoms with Crippen molar-refractivity contribution in [1.82, 2.24) is 24.7 Å². The van der Waals surface area contributed by atoms with Gasteiger partial charge < -0.3 is 10.2 Å². The van der Waals surface area contributed by atoms with E-state index in [4.69, 9.17) is 0 Å². The van der Waals surface area contributed by atoms with Crippen molar-refractivity contribution in [1.29, 1.82) is 0 Å². The quantitative estimate of drug-likeness (QED) is 0.761. The van der Waals surface area contributed by atoms with E-state index >= 15 is 0 Å². The van der Waals surface area contributed by atoms with Crippen molar-refractivity contribution in [2.45, 2.75) is 43.8 Å². The number of sulfonamides is 1. The molecule has 124 valence electrons. The molecular weight excluding hydrogens is 306 g/mol. The van der Waals surface area contributed by atoms with Crippen LogP contribution in [-0.2, 0) is 21.9 Å². The Morgan fingerprint density at radius 1 is 1.50 bits per heavy atom. The molecule has 1 aromatic rings. The number of hydrogen-bond donors (Lipinski definition) is 2. The minimum atomic E-state index is -3.75. The first kappa shape index (κ1) is 16.9. The van der Waals surface area contributed by atoms with Gasteiger partial charge in [0.05, 0.1) is 12.2 Å². The molecule has 1 fully saturated rings. The SMILES string of the molecule is CC(NS(=O)(=O)c1cnn(C)c1)C(=O)N1CCNC(C)C1C. The van der Waals surface area contributed by atoms with Crippen LogP contribution in [-0.4, -0.2) is 60.2 Å². The van der Waals surface area contributed by atoms with E-state index in [1.54, 1.807) is 18.9 Å². The Morgan fingerprint density at radius 2 is 2.18 bits per heavy atom. The number of hydrogen-bond acceptors (Lipinski definition) is 5. The van der Waals surface area contributed by atoms with Gasteiger partial charge in [-0.25, -0.2) is 8.42 Å². The Hall–Kier alpha value is -1.45. The molecule has 1 aliphatic heterocycles. The lowest BCUT2D eigenvalue weighted by Gasteiger charge is -2.39. The lowest BCUT2D eigenvalue weighted by molar-refractivity contribution is -0.136. The topological polar surface area (TPSA) is 96.3 Å². The molecular formula is C13H23N5O3S. The summed E-state index contributed by atoms with van der Waals surface area (Å²) in [6.07, 6.45) is 2.66. The fraction of sp³-hybridized carbons (Fsp3) is 0.692. The summed E-state index contributed by atoms with van der Waals surface area (Å²) in [4.78, 5) is 14.3. The van der Waals surface area contributed by atoms with Gasteiger partial charge in [-0.15, -0.1) is 0 Å². The van der Waals surface area contributed by atoms with E-state index < -0.39 is 16.1 Å². The number of aryl methyl sites for hydroxylation is 1. The molecule has 1 saturated heterocycles. The van der Waals surface area contributed by atoms with Crippen LogP contribution in [0, 0.1) is 0 Å². The predicted octanol–water partition coefficient (Wildman–Crippen LogP) is -0.704. The van der Waals surface area contributed by atoms with Gasteiger partial charge in [0.1, 0.15) is 4.90 Å². The monoisotopic (exact) mass is 329 g/mol. The second-order valence-electron chi connectivity index (χ2n) is 5.71. The molecule has 1 amide bonds. The van der Waals surface area contributed by atoms with Gasteiger partial charge in [-0.05, 0) is 20.8 Å². The maximum atomic E-state index is 12.5. The van der Waals surface area contributed by atoms with E-state index in [1.165, 1.54) is 17.1 Å². The number of carbonyl (C=O) groups is 1. The highest BCUT2D eigenvalue weighted by Crippen LogP contribution is 2.12. The molecule has 1 aromatic heterocycles. The molecule has 0 aromatic carbocycles. The molecule has 0 radical (unpaired) electrons. The van der Waals surface area contributed by atoms with Crippen LogP contribution in [0.5, 0.6) is 0 Å². The first-order chi connectivity index (χ1) is 10.2. The molecule has 0 bridgehead atoms. The first-order valence-corrected chi connectivity index (χ1v) is 8.75. The van der Waals surface area contributed by atoms with Gasteiger partial charge in [-0.1, -0.05) is 0 Å². The summed E-state index contributed by atoms with van der Waals surface area (Å²) in [5.41, 5.74) is 0. The zero-order valence-corrected chi connectivity index (χ0v) is 14.1. The molecule has 0 aliphatic carbocycles. The smallest absolute Gasteiger partial charge is 0.244 e. The minimum absolute atomic E-state index is 0.0200. The minimum Gasteiger partial charge on any atom is -0.336 e. The number of nitrogens with one attached hydrogen (secondary N) is 2. The molecule has 2 rings (SSSR count). The average molecular weight is 329 g/mol. The number of carbonyl (C=O) groups excluding carboxylic acids is 1. The molecule has 3 unspecified atom stereocenters. The summed E-state index contributed by atoms with van der Waals surface area (Å²) < 4.78 is 28.3. The molecule has 9 heteroatoms. The molecule has 2 N–H and O–H groups in total. The van der Waals surface area contributed by atoms with Gasteiger partial charge in [-0.3, -0.25) is 9.48 Å². The van der Waals surface area contributed by atoms with Gasteiger partial charge >= 0.3 is 0 Å². The Morgan fingerprint density at radius 3 is 2.77 bits per heavy atom. The van der Waals surface area contributed by atoms with Crippen LogP contribution in [0.15, 0.2) is 17.3 Å². The molecule has 2 heterocycles. The van der Waals surface area contributed by atoms with Crippen LogP contribution in [0.2, 0.25) is 0 Å². The van der Waals surface area contributed by atoms with Crippen molar-refractivity contribution in [3.05, 3.63) is 12.4 Å². The lowest BCUT2D eigenvalue weighted by atomic mass is 10.1. The van der Waals surface area contributed by atoms with Crippen molar-refractivity contribution in [2.24, 2.45) is 7.05 Å². The molecule has 3 atom stereocenters. The van der Waals surface area contributed by atoms with Gasteiger partial charge in [0.25, 0.3) is 0 Å². The Balaban J connectivity index is 2.08. The summed E-state index contributed by atoms with van der Waals surface area (Å²) in [6.45, 7) is 6.81. The van der Waals surface area contributed by atoms with E-state index in [1.807, 2.05) is 13.8 Å². The van der Waals surface area contributed by atoms with Gasteiger partial charge in [0, 0.05) is 38.4 Å². The molecule has 0 saturated carbocycles. The highest BCUT2D eigenvalue weighted by Gasteiger charge is 2.32. The van der Waals surface area contributed by atoms with Crippen LogP contribution >= 0.6 is 0 Å². The highest BCUT2D eigenvalue weighted by molar-refractivity contribution is 7.89. The van der Waals surface area contributed by atoms with Crippen LogP contribution in [0.1, 0.15) is 20.8 Å². The second-order valence-corrected chi connectivity index (χ2v) is 7.42. The number of piperazine rings is 1. The molecule has 0 spiro atoms. The van der Waals surface area contributed by atoms with E-state index in [9.17, 15) is 13.2 Å². The highest BCUT2D eigenvalue weighted by atomic mass is 32.2. The second kappa shape index (κ2) is 6.35.